The molecule has 1 aromatic heterocycles. The van der Waals surface area contributed by atoms with Gasteiger partial charge in [-0.3, -0.25) is 4.79 Å². The lowest BCUT2D eigenvalue weighted by molar-refractivity contribution is 0.0469. The zero-order valence-corrected chi connectivity index (χ0v) is 14.8. The molecule has 1 spiro atoms. The van der Waals surface area contributed by atoms with Gasteiger partial charge < -0.3 is 19.3 Å². The third-order valence-corrected chi connectivity index (χ3v) is 6.01. The van der Waals surface area contributed by atoms with Crippen LogP contribution in [0.5, 0.6) is 0 Å². The van der Waals surface area contributed by atoms with E-state index in [0.29, 0.717) is 19.1 Å². The predicted octanol–water partition coefficient (Wildman–Crippen LogP) is 1.81. The van der Waals surface area contributed by atoms with Crippen molar-refractivity contribution in [2.45, 2.75) is 6.92 Å². The van der Waals surface area contributed by atoms with Gasteiger partial charge in [0.05, 0.1) is 24.7 Å². The van der Waals surface area contributed by atoms with E-state index in [1.54, 1.807) is 7.11 Å². The summed E-state index contributed by atoms with van der Waals surface area (Å²) in [5, 5.41) is 1.96. The number of carbonyl (C=O) groups is 1. The van der Waals surface area contributed by atoms with Crippen LogP contribution in [-0.4, -0.2) is 75.4 Å². The third-order valence-electron chi connectivity index (χ3n) is 5.15. The average Bonchev–Trinajstić information content (AvgIpc) is 3.11. The lowest BCUT2D eigenvalue weighted by Gasteiger charge is -2.35. The SMILES string of the molecule is COCCN1C[C@H](C)[C@]2(COCCN(C(=O)c3cccs3)C2)C1. The number of amides is 1. The van der Waals surface area contributed by atoms with Crippen LogP contribution in [0.3, 0.4) is 0 Å². The van der Waals surface area contributed by atoms with Crippen LogP contribution in [0.2, 0.25) is 0 Å². The maximum absolute atomic E-state index is 12.8. The lowest BCUT2D eigenvalue weighted by Crippen LogP contribution is -2.45. The summed E-state index contributed by atoms with van der Waals surface area (Å²) >= 11 is 1.52. The first-order valence-corrected chi connectivity index (χ1v) is 9.14. The molecule has 23 heavy (non-hydrogen) atoms. The van der Waals surface area contributed by atoms with Gasteiger partial charge in [-0.15, -0.1) is 11.3 Å². The second kappa shape index (κ2) is 7.30. The quantitative estimate of drug-likeness (QED) is 0.840. The van der Waals surface area contributed by atoms with Crippen molar-refractivity contribution >= 4 is 17.2 Å². The van der Waals surface area contributed by atoms with Gasteiger partial charge in [-0.05, 0) is 17.4 Å². The highest BCUT2D eigenvalue weighted by Crippen LogP contribution is 2.38. The molecule has 3 rings (SSSR count). The summed E-state index contributed by atoms with van der Waals surface area (Å²) in [4.78, 5) is 18.0. The van der Waals surface area contributed by atoms with Crippen LogP contribution in [0, 0.1) is 11.3 Å². The van der Waals surface area contributed by atoms with Gasteiger partial charge in [0, 0.05) is 45.2 Å². The van der Waals surface area contributed by atoms with Crippen LogP contribution < -0.4 is 0 Å². The van der Waals surface area contributed by atoms with E-state index in [4.69, 9.17) is 9.47 Å². The fourth-order valence-electron chi connectivity index (χ4n) is 3.72. The molecular weight excluding hydrogens is 312 g/mol. The minimum Gasteiger partial charge on any atom is -0.383 e. The molecule has 2 aliphatic rings. The summed E-state index contributed by atoms with van der Waals surface area (Å²) in [5.74, 6) is 0.656. The van der Waals surface area contributed by atoms with Crippen molar-refractivity contribution in [2.24, 2.45) is 11.3 Å². The molecule has 0 aliphatic carbocycles. The summed E-state index contributed by atoms with van der Waals surface area (Å²) in [6.45, 7) is 8.85. The molecule has 2 aliphatic heterocycles. The largest absolute Gasteiger partial charge is 0.383 e. The van der Waals surface area contributed by atoms with Crippen molar-refractivity contribution in [3.63, 3.8) is 0 Å². The van der Waals surface area contributed by atoms with E-state index >= 15 is 0 Å². The second-order valence-corrected chi connectivity index (χ2v) is 7.70. The number of hydrogen-bond donors (Lipinski definition) is 0. The molecule has 1 aromatic rings. The first-order chi connectivity index (χ1) is 11.1. The molecular formula is C17H26N2O3S. The third kappa shape index (κ3) is 3.60. The van der Waals surface area contributed by atoms with Crippen LogP contribution in [0.1, 0.15) is 16.6 Å². The molecule has 5 nitrogen and oxygen atoms in total. The Morgan fingerprint density at radius 3 is 3.13 bits per heavy atom. The van der Waals surface area contributed by atoms with Gasteiger partial charge >= 0.3 is 0 Å². The molecule has 3 heterocycles. The molecule has 6 heteroatoms. The number of nitrogens with zero attached hydrogens (tertiary/aromatic N) is 2. The van der Waals surface area contributed by atoms with Gasteiger partial charge in [-0.25, -0.2) is 0 Å². The molecule has 1 amide bonds. The van der Waals surface area contributed by atoms with E-state index in [0.717, 1.165) is 44.3 Å². The fraction of sp³-hybridized carbons (Fsp3) is 0.706. The van der Waals surface area contributed by atoms with Crippen molar-refractivity contribution < 1.29 is 14.3 Å². The Hall–Kier alpha value is -0.950. The van der Waals surface area contributed by atoms with Crippen molar-refractivity contribution in [3.8, 4) is 0 Å². The van der Waals surface area contributed by atoms with E-state index in [1.165, 1.54) is 11.3 Å². The smallest absolute Gasteiger partial charge is 0.264 e. The second-order valence-electron chi connectivity index (χ2n) is 6.75. The molecule has 2 atom stereocenters. The maximum Gasteiger partial charge on any atom is 0.264 e. The number of carbonyl (C=O) groups excluding carboxylic acids is 1. The number of thiophene rings is 1. The van der Waals surface area contributed by atoms with Crippen LogP contribution in [0.25, 0.3) is 0 Å². The van der Waals surface area contributed by atoms with Crippen molar-refractivity contribution in [3.05, 3.63) is 22.4 Å². The molecule has 0 bridgehead atoms. The Balaban J connectivity index is 1.73. The van der Waals surface area contributed by atoms with E-state index in [1.807, 2.05) is 22.4 Å². The van der Waals surface area contributed by atoms with Crippen LogP contribution >= 0.6 is 11.3 Å². The average molecular weight is 338 g/mol. The monoisotopic (exact) mass is 338 g/mol. The van der Waals surface area contributed by atoms with Gasteiger partial charge in [-0.1, -0.05) is 13.0 Å². The van der Waals surface area contributed by atoms with Gasteiger partial charge in [0.1, 0.15) is 0 Å². The molecule has 128 valence electrons. The first kappa shape index (κ1) is 16.9. The minimum atomic E-state index is 0.0389. The Kier molecular flexibility index (Phi) is 5.36. The first-order valence-electron chi connectivity index (χ1n) is 8.26. The highest BCUT2D eigenvalue weighted by Gasteiger charge is 2.47. The minimum absolute atomic E-state index is 0.0389. The van der Waals surface area contributed by atoms with E-state index in [9.17, 15) is 4.79 Å². The summed E-state index contributed by atoms with van der Waals surface area (Å²) in [5.41, 5.74) is 0.0389. The summed E-state index contributed by atoms with van der Waals surface area (Å²) in [7, 11) is 1.74. The molecule has 0 unspecified atom stereocenters. The van der Waals surface area contributed by atoms with Crippen LogP contribution in [0.4, 0.5) is 0 Å². The molecule has 0 N–H and O–H groups in total. The Bertz CT molecular complexity index is 522. The van der Waals surface area contributed by atoms with Crippen molar-refractivity contribution in [1.29, 1.82) is 0 Å². The Morgan fingerprint density at radius 2 is 2.39 bits per heavy atom. The van der Waals surface area contributed by atoms with Gasteiger partial charge in [0.25, 0.3) is 5.91 Å². The number of hydrogen-bond acceptors (Lipinski definition) is 5. The van der Waals surface area contributed by atoms with Crippen LogP contribution in [-0.2, 0) is 9.47 Å². The number of methoxy groups -OCH3 is 1. The summed E-state index contributed by atoms with van der Waals surface area (Å²) in [6.07, 6.45) is 0. The lowest BCUT2D eigenvalue weighted by atomic mass is 9.79. The summed E-state index contributed by atoms with van der Waals surface area (Å²) < 4.78 is 11.1. The molecule has 0 aromatic carbocycles. The zero-order valence-electron chi connectivity index (χ0n) is 14.0. The number of likely N-dealkylation sites (tertiary alicyclic amines) is 1. The van der Waals surface area contributed by atoms with Gasteiger partial charge in [0.2, 0.25) is 0 Å². The highest BCUT2D eigenvalue weighted by atomic mass is 32.1. The number of rotatable bonds is 4. The van der Waals surface area contributed by atoms with E-state index < -0.39 is 0 Å². The molecule has 0 radical (unpaired) electrons. The highest BCUT2D eigenvalue weighted by molar-refractivity contribution is 7.12. The van der Waals surface area contributed by atoms with Gasteiger partial charge in [-0.2, -0.15) is 0 Å². The normalized spacial score (nSPS) is 29.1. The van der Waals surface area contributed by atoms with E-state index in [2.05, 4.69) is 11.8 Å². The maximum atomic E-state index is 12.8. The Morgan fingerprint density at radius 1 is 1.52 bits per heavy atom. The van der Waals surface area contributed by atoms with Crippen molar-refractivity contribution in [2.75, 3.05) is 59.7 Å². The standard InChI is InChI=1S/C17H26N2O3S/c1-14-10-18(5-7-21-2)11-17(14)12-19(6-8-22-13-17)16(20)15-4-3-9-23-15/h3-4,9,14H,5-8,10-13H2,1-2H3/t14-,17+/m0/s1. The topological polar surface area (TPSA) is 42.0 Å². The molecule has 0 saturated carbocycles. The number of ether oxygens (including phenoxy) is 2. The fourth-order valence-corrected chi connectivity index (χ4v) is 4.41. The Labute approximate surface area is 142 Å². The zero-order chi connectivity index (χ0) is 16.3. The molecule has 2 fully saturated rings. The molecule has 2 saturated heterocycles. The van der Waals surface area contributed by atoms with E-state index in [-0.39, 0.29) is 11.3 Å². The predicted molar refractivity (Wildman–Crippen MR) is 91.0 cm³/mol. The van der Waals surface area contributed by atoms with Gasteiger partial charge in [0.15, 0.2) is 0 Å². The van der Waals surface area contributed by atoms with Crippen LogP contribution in [0.15, 0.2) is 17.5 Å². The van der Waals surface area contributed by atoms with Crippen molar-refractivity contribution in [1.82, 2.24) is 9.80 Å². The summed E-state index contributed by atoms with van der Waals surface area (Å²) in [6, 6.07) is 3.85.